The van der Waals surface area contributed by atoms with Crippen molar-refractivity contribution in [2.75, 3.05) is 26.2 Å². The average molecular weight is 498 g/mol. The van der Waals surface area contributed by atoms with E-state index in [0.717, 1.165) is 0 Å². The third kappa shape index (κ3) is 4.25. The third-order valence-corrected chi connectivity index (χ3v) is 6.14. The van der Waals surface area contributed by atoms with E-state index in [-0.39, 0.29) is 22.7 Å². The number of carbonyl (C=O) groups is 3. The molecule has 1 unspecified atom stereocenters. The van der Waals surface area contributed by atoms with Crippen LogP contribution in [0.5, 0.6) is 0 Å². The van der Waals surface area contributed by atoms with E-state index in [1.54, 1.807) is 66.7 Å². The van der Waals surface area contributed by atoms with E-state index in [2.05, 4.69) is 6.07 Å². The zero-order chi connectivity index (χ0) is 26.7. The zero-order valence-electron chi connectivity index (χ0n) is 20.3. The number of methoxy groups -OCH3 is 3. The lowest BCUT2D eigenvalue weighted by Crippen LogP contribution is -2.40. The second-order valence-corrected chi connectivity index (χ2v) is 8.04. The minimum absolute atomic E-state index is 0.0483. The van der Waals surface area contributed by atoms with Crippen LogP contribution in [0.2, 0.25) is 0 Å². The lowest BCUT2D eigenvalue weighted by atomic mass is 9.81. The molecule has 0 aliphatic carbocycles. The van der Waals surface area contributed by atoms with E-state index in [4.69, 9.17) is 19.9 Å². The molecule has 0 saturated heterocycles. The van der Waals surface area contributed by atoms with Crippen LogP contribution in [0.15, 0.2) is 89.4 Å². The Bertz CT molecular complexity index is 1520. The second kappa shape index (κ2) is 10.3. The third-order valence-electron chi connectivity index (χ3n) is 6.14. The van der Waals surface area contributed by atoms with Gasteiger partial charge < -0.3 is 19.9 Å². The number of ether oxygens (including phenoxy) is 3. The van der Waals surface area contributed by atoms with Gasteiger partial charge in [-0.2, -0.15) is 5.26 Å². The summed E-state index contributed by atoms with van der Waals surface area (Å²) in [5.74, 6) is -3.17. The Balaban J connectivity index is 2.04. The summed E-state index contributed by atoms with van der Waals surface area (Å²) in [7, 11) is 3.67. The Morgan fingerprint density at radius 2 is 1.54 bits per heavy atom. The van der Waals surface area contributed by atoms with E-state index in [1.807, 2.05) is 0 Å². The van der Waals surface area contributed by atoms with Gasteiger partial charge in [0.25, 0.3) is 0 Å². The van der Waals surface area contributed by atoms with Crippen molar-refractivity contribution in [3.05, 3.63) is 101 Å². The number of hydrogen-bond acceptors (Lipinski definition) is 9. The fourth-order valence-corrected chi connectivity index (χ4v) is 4.48. The van der Waals surface area contributed by atoms with Crippen LogP contribution >= 0.6 is 0 Å². The molecular weight excluding hydrogens is 474 g/mol. The molecule has 0 saturated carbocycles. The molecule has 0 radical (unpaired) electrons. The molecule has 1 heterocycles. The molecule has 0 bridgehead atoms. The number of nitrogens with zero attached hydrogens (tertiary/aromatic N) is 2. The summed E-state index contributed by atoms with van der Waals surface area (Å²) in [5.41, 5.74) is 7.63. The molecule has 0 aromatic heterocycles. The van der Waals surface area contributed by atoms with Crippen molar-refractivity contribution in [3.63, 3.8) is 0 Å². The standard InChI is InChI=1S/C28H23N3O6/c1-35-26(32)20-11-7-10-17-14-18(12-13-19(17)20)31-24(28(34)37-3)23(27(33)36-2)22(21(15-29)25(31)30)16-8-5-4-6-9-16/h4-14,22H,30H2,1-3H3. The Kier molecular flexibility index (Phi) is 6.93. The van der Waals surface area contributed by atoms with Gasteiger partial charge in [0, 0.05) is 5.69 Å². The van der Waals surface area contributed by atoms with Crippen LogP contribution in [0.3, 0.4) is 0 Å². The molecule has 9 heteroatoms. The maximum Gasteiger partial charge on any atom is 0.355 e. The van der Waals surface area contributed by atoms with Crippen LogP contribution in [0.25, 0.3) is 10.8 Å². The minimum atomic E-state index is -0.963. The summed E-state index contributed by atoms with van der Waals surface area (Å²) in [6.45, 7) is 0. The molecule has 3 aromatic rings. The Labute approximate surface area is 212 Å². The summed E-state index contributed by atoms with van der Waals surface area (Å²) in [4.78, 5) is 39.9. The number of fused-ring (bicyclic) bond motifs is 1. The number of allylic oxidation sites excluding steroid dienone is 1. The molecule has 9 nitrogen and oxygen atoms in total. The quantitative estimate of drug-likeness (QED) is 0.415. The van der Waals surface area contributed by atoms with Crippen molar-refractivity contribution in [1.29, 1.82) is 5.26 Å². The van der Waals surface area contributed by atoms with Crippen LogP contribution in [0.1, 0.15) is 21.8 Å². The van der Waals surface area contributed by atoms with Gasteiger partial charge in [-0.3, -0.25) is 4.90 Å². The Hall–Kier alpha value is -5.10. The van der Waals surface area contributed by atoms with Crippen LogP contribution in [0, 0.1) is 11.3 Å². The highest BCUT2D eigenvalue weighted by atomic mass is 16.5. The van der Waals surface area contributed by atoms with Gasteiger partial charge in [0.2, 0.25) is 0 Å². The summed E-state index contributed by atoms with van der Waals surface area (Å²) in [5, 5.41) is 11.4. The second-order valence-electron chi connectivity index (χ2n) is 8.04. The molecule has 0 fully saturated rings. The molecule has 2 N–H and O–H groups in total. The van der Waals surface area contributed by atoms with Crippen molar-refractivity contribution in [2.45, 2.75) is 5.92 Å². The van der Waals surface area contributed by atoms with Crippen LogP contribution in [-0.2, 0) is 23.8 Å². The molecule has 1 aliphatic heterocycles. The summed E-state index contributed by atoms with van der Waals surface area (Å²) in [6.07, 6.45) is 0. The topological polar surface area (TPSA) is 132 Å². The monoisotopic (exact) mass is 497 g/mol. The first-order valence-electron chi connectivity index (χ1n) is 11.1. The zero-order valence-corrected chi connectivity index (χ0v) is 20.3. The molecule has 37 heavy (non-hydrogen) atoms. The smallest absolute Gasteiger partial charge is 0.355 e. The highest BCUT2D eigenvalue weighted by molar-refractivity contribution is 6.08. The van der Waals surface area contributed by atoms with E-state index >= 15 is 0 Å². The van der Waals surface area contributed by atoms with Crippen molar-refractivity contribution < 1.29 is 28.6 Å². The minimum Gasteiger partial charge on any atom is -0.466 e. The van der Waals surface area contributed by atoms with Crippen LogP contribution in [0.4, 0.5) is 5.69 Å². The lowest BCUT2D eigenvalue weighted by molar-refractivity contribution is -0.139. The molecule has 4 rings (SSSR count). The normalized spacial score (nSPS) is 15.3. The van der Waals surface area contributed by atoms with E-state index in [1.165, 1.54) is 26.2 Å². The van der Waals surface area contributed by atoms with E-state index in [0.29, 0.717) is 27.6 Å². The van der Waals surface area contributed by atoms with Gasteiger partial charge in [-0.05, 0) is 34.5 Å². The number of carbonyl (C=O) groups excluding carboxylic acids is 3. The molecule has 3 aromatic carbocycles. The van der Waals surface area contributed by atoms with Gasteiger partial charge in [0.15, 0.2) is 0 Å². The Morgan fingerprint density at radius 3 is 2.16 bits per heavy atom. The number of anilines is 1. The average Bonchev–Trinajstić information content (AvgIpc) is 2.94. The highest BCUT2D eigenvalue weighted by Gasteiger charge is 2.43. The fourth-order valence-electron chi connectivity index (χ4n) is 4.48. The number of rotatable bonds is 5. The van der Waals surface area contributed by atoms with E-state index in [9.17, 15) is 19.6 Å². The summed E-state index contributed by atoms with van der Waals surface area (Å²) < 4.78 is 15.0. The Morgan fingerprint density at radius 1 is 0.865 bits per heavy atom. The van der Waals surface area contributed by atoms with Crippen molar-refractivity contribution in [1.82, 2.24) is 0 Å². The van der Waals surface area contributed by atoms with Gasteiger partial charge in [0.1, 0.15) is 11.5 Å². The number of hydrogen-bond donors (Lipinski definition) is 1. The summed E-state index contributed by atoms with van der Waals surface area (Å²) in [6, 6.07) is 20.9. The number of benzene rings is 3. The molecule has 1 aliphatic rings. The largest absolute Gasteiger partial charge is 0.466 e. The van der Waals surface area contributed by atoms with Crippen molar-refractivity contribution in [3.8, 4) is 6.07 Å². The maximum atomic E-state index is 13.2. The predicted molar refractivity (Wildman–Crippen MR) is 135 cm³/mol. The number of nitriles is 1. The van der Waals surface area contributed by atoms with Gasteiger partial charge in [-0.15, -0.1) is 0 Å². The fraction of sp³-hybridized carbons (Fsp3) is 0.143. The number of esters is 3. The van der Waals surface area contributed by atoms with Crippen molar-refractivity contribution in [2.24, 2.45) is 5.73 Å². The van der Waals surface area contributed by atoms with Crippen LogP contribution < -0.4 is 10.6 Å². The van der Waals surface area contributed by atoms with E-state index < -0.39 is 23.8 Å². The SMILES string of the molecule is COC(=O)C1=C(C(=O)OC)N(c2ccc3c(C(=O)OC)cccc3c2)C(N)=C(C#N)C1c1ccccc1. The van der Waals surface area contributed by atoms with Gasteiger partial charge in [-0.1, -0.05) is 48.5 Å². The molecule has 0 amide bonds. The molecule has 186 valence electrons. The highest BCUT2D eigenvalue weighted by Crippen LogP contribution is 2.43. The van der Waals surface area contributed by atoms with Crippen LogP contribution in [-0.4, -0.2) is 39.2 Å². The molecule has 1 atom stereocenters. The first kappa shape index (κ1) is 25.0. The molecular formula is C28H23N3O6. The first-order chi connectivity index (χ1) is 17.9. The summed E-state index contributed by atoms with van der Waals surface area (Å²) >= 11 is 0. The van der Waals surface area contributed by atoms with Gasteiger partial charge in [0.05, 0.1) is 50.0 Å². The van der Waals surface area contributed by atoms with Gasteiger partial charge >= 0.3 is 17.9 Å². The molecule has 0 spiro atoms. The number of nitrogens with two attached hydrogens (primary N) is 1. The lowest BCUT2D eigenvalue weighted by Gasteiger charge is -2.36. The first-order valence-corrected chi connectivity index (χ1v) is 11.1. The van der Waals surface area contributed by atoms with Crippen molar-refractivity contribution >= 4 is 34.4 Å². The maximum absolute atomic E-state index is 13.2. The van der Waals surface area contributed by atoms with Gasteiger partial charge in [-0.25, -0.2) is 14.4 Å². The predicted octanol–water partition coefficient (Wildman–Crippen LogP) is 3.52.